The predicted molar refractivity (Wildman–Crippen MR) is 105 cm³/mol. The number of amides is 1. The smallest absolute Gasteiger partial charge is 0.358 e. The molecule has 0 aliphatic carbocycles. The predicted octanol–water partition coefficient (Wildman–Crippen LogP) is 4.27. The van der Waals surface area contributed by atoms with Crippen molar-refractivity contribution >= 4 is 23.2 Å². The van der Waals surface area contributed by atoms with Crippen molar-refractivity contribution in [1.29, 1.82) is 0 Å². The molecule has 1 unspecified atom stereocenters. The maximum Gasteiger partial charge on any atom is 0.417 e. The number of benzene rings is 1. The van der Waals surface area contributed by atoms with E-state index in [1.165, 1.54) is 25.3 Å². The van der Waals surface area contributed by atoms with E-state index in [0.717, 1.165) is 32.1 Å². The molecule has 2 fully saturated rings. The Balaban J connectivity index is 1.59. The number of piperazine rings is 1. The number of hydrogen-bond donors (Lipinski definition) is 0. The number of piperidine rings is 1. The number of rotatable bonds is 5. The van der Waals surface area contributed by atoms with Crippen LogP contribution in [0.2, 0.25) is 5.02 Å². The van der Waals surface area contributed by atoms with Crippen LogP contribution in [0.1, 0.15) is 38.2 Å². The molecule has 0 aromatic heterocycles. The van der Waals surface area contributed by atoms with E-state index in [1.54, 1.807) is 17.9 Å². The highest BCUT2D eigenvalue weighted by Crippen LogP contribution is 2.37. The van der Waals surface area contributed by atoms with Crippen LogP contribution in [-0.4, -0.2) is 61.0 Å². The van der Waals surface area contributed by atoms with Crippen molar-refractivity contribution in [2.24, 2.45) is 0 Å². The average molecular weight is 418 g/mol. The van der Waals surface area contributed by atoms with Gasteiger partial charge in [-0.25, -0.2) is 0 Å². The molecule has 1 aromatic rings. The van der Waals surface area contributed by atoms with Crippen LogP contribution in [0, 0.1) is 0 Å². The average Bonchev–Trinajstić information content (AvgIpc) is 2.66. The van der Waals surface area contributed by atoms with Crippen LogP contribution in [0.4, 0.5) is 18.9 Å². The third-order valence-electron chi connectivity index (χ3n) is 5.69. The zero-order valence-corrected chi connectivity index (χ0v) is 16.9. The van der Waals surface area contributed by atoms with E-state index in [9.17, 15) is 18.0 Å². The van der Waals surface area contributed by atoms with E-state index in [-0.39, 0.29) is 10.9 Å². The molecular formula is C20H27ClF3N3O. The van der Waals surface area contributed by atoms with Gasteiger partial charge < -0.3 is 14.7 Å². The van der Waals surface area contributed by atoms with Gasteiger partial charge in [0.05, 0.1) is 10.6 Å². The van der Waals surface area contributed by atoms with Crippen molar-refractivity contribution in [3.8, 4) is 0 Å². The highest BCUT2D eigenvalue weighted by molar-refractivity contribution is 6.31. The Morgan fingerprint density at radius 2 is 1.79 bits per heavy atom. The summed E-state index contributed by atoms with van der Waals surface area (Å²) < 4.78 is 39.4. The molecule has 2 saturated heterocycles. The van der Waals surface area contributed by atoms with Crippen molar-refractivity contribution in [2.45, 2.75) is 44.8 Å². The molecular weight excluding hydrogens is 391 g/mol. The van der Waals surface area contributed by atoms with Gasteiger partial charge in [0.25, 0.3) is 0 Å². The summed E-state index contributed by atoms with van der Waals surface area (Å²) in [4.78, 5) is 18.8. The minimum absolute atomic E-state index is 0.0339. The standard InChI is InChI=1S/C20H27ClF3N3O/c1-15-19(28)26(11-5-10-25-8-3-2-4-9-25)12-13-27(15)16-6-7-18(21)17(14-16)20(22,23)24/h6-7,14-15H,2-5,8-13H2,1H3. The maximum atomic E-state index is 13.1. The fourth-order valence-corrected chi connectivity index (χ4v) is 4.31. The Morgan fingerprint density at radius 1 is 1.07 bits per heavy atom. The number of carbonyl (C=O) groups is 1. The number of carbonyl (C=O) groups excluding carboxylic acids is 1. The van der Waals surface area contributed by atoms with Crippen molar-refractivity contribution in [3.63, 3.8) is 0 Å². The maximum absolute atomic E-state index is 13.1. The number of hydrogen-bond acceptors (Lipinski definition) is 3. The molecule has 0 N–H and O–H groups in total. The van der Waals surface area contributed by atoms with Gasteiger partial charge in [-0.1, -0.05) is 18.0 Å². The lowest BCUT2D eigenvalue weighted by atomic mass is 10.1. The van der Waals surface area contributed by atoms with Gasteiger partial charge in [-0.05, 0) is 64.0 Å². The Kier molecular flexibility index (Phi) is 6.76. The summed E-state index contributed by atoms with van der Waals surface area (Å²) in [6.07, 6.45) is 0.203. The van der Waals surface area contributed by atoms with Crippen molar-refractivity contribution in [1.82, 2.24) is 9.80 Å². The Bertz CT molecular complexity index is 692. The van der Waals surface area contributed by atoms with Crippen molar-refractivity contribution in [2.75, 3.05) is 44.2 Å². The summed E-state index contributed by atoms with van der Waals surface area (Å²) in [5.41, 5.74) is -0.485. The molecule has 1 amide bonds. The molecule has 0 spiro atoms. The minimum Gasteiger partial charge on any atom is -0.358 e. The first-order valence-electron chi connectivity index (χ1n) is 9.92. The lowest BCUT2D eigenvalue weighted by Crippen LogP contribution is -2.56. The second-order valence-corrected chi connectivity index (χ2v) is 8.02. The molecule has 2 aliphatic rings. The molecule has 0 bridgehead atoms. The second kappa shape index (κ2) is 8.91. The zero-order valence-electron chi connectivity index (χ0n) is 16.1. The number of nitrogens with zero attached hydrogens (tertiary/aromatic N) is 3. The molecule has 2 aliphatic heterocycles. The summed E-state index contributed by atoms with van der Waals surface area (Å²) in [5.74, 6) is -0.0339. The van der Waals surface area contributed by atoms with Gasteiger partial charge in [0, 0.05) is 25.3 Å². The molecule has 1 aromatic carbocycles. The van der Waals surface area contributed by atoms with E-state index in [4.69, 9.17) is 11.6 Å². The lowest BCUT2D eigenvalue weighted by Gasteiger charge is -2.41. The zero-order chi connectivity index (χ0) is 20.3. The summed E-state index contributed by atoms with van der Waals surface area (Å²) in [6, 6.07) is 3.35. The molecule has 1 atom stereocenters. The van der Waals surface area contributed by atoms with E-state index in [0.29, 0.717) is 25.3 Å². The van der Waals surface area contributed by atoms with Crippen LogP contribution in [-0.2, 0) is 11.0 Å². The first kappa shape index (κ1) is 21.2. The summed E-state index contributed by atoms with van der Waals surface area (Å²) in [6.45, 7) is 6.74. The lowest BCUT2D eigenvalue weighted by molar-refractivity contribution is -0.137. The van der Waals surface area contributed by atoms with Gasteiger partial charge in [0.2, 0.25) is 5.91 Å². The van der Waals surface area contributed by atoms with Gasteiger partial charge in [0.1, 0.15) is 6.04 Å². The topological polar surface area (TPSA) is 26.8 Å². The molecule has 28 heavy (non-hydrogen) atoms. The number of halogens is 4. The Hall–Kier alpha value is -1.47. The highest BCUT2D eigenvalue weighted by Gasteiger charge is 2.36. The van der Waals surface area contributed by atoms with Crippen LogP contribution in [0.25, 0.3) is 0 Å². The molecule has 156 valence electrons. The third kappa shape index (κ3) is 4.92. The Morgan fingerprint density at radius 3 is 2.46 bits per heavy atom. The number of anilines is 1. The van der Waals surface area contributed by atoms with Crippen molar-refractivity contribution < 1.29 is 18.0 Å². The van der Waals surface area contributed by atoms with E-state index in [2.05, 4.69) is 4.90 Å². The molecule has 0 radical (unpaired) electrons. The summed E-state index contributed by atoms with van der Waals surface area (Å²) in [5, 5.41) is -0.327. The first-order chi connectivity index (χ1) is 13.3. The monoisotopic (exact) mass is 417 g/mol. The van der Waals surface area contributed by atoms with Crippen LogP contribution in [0.3, 0.4) is 0 Å². The fourth-order valence-electron chi connectivity index (χ4n) is 4.08. The van der Waals surface area contributed by atoms with Crippen LogP contribution in [0.5, 0.6) is 0 Å². The van der Waals surface area contributed by atoms with Crippen LogP contribution in [0.15, 0.2) is 18.2 Å². The van der Waals surface area contributed by atoms with Crippen molar-refractivity contribution in [3.05, 3.63) is 28.8 Å². The first-order valence-corrected chi connectivity index (χ1v) is 10.3. The van der Waals surface area contributed by atoms with E-state index >= 15 is 0 Å². The SMILES string of the molecule is CC1C(=O)N(CCCN2CCCCC2)CCN1c1ccc(Cl)c(C(F)(F)F)c1. The largest absolute Gasteiger partial charge is 0.417 e. The fraction of sp³-hybridized carbons (Fsp3) is 0.650. The van der Waals surface area contributed by atoms with Gasteiger partial charge >= 0.3 is 6.18 Å². The van der Waals surface area contributed by atoms with Crippen LogP contribution >= 0.6 is 11.6 Å². The molecule has 4 nitrogen and oxygen atoms in total. The summed E-state index contributed by atoms with van der Waals surface area (Å²) in [7, 11) is 0. The van der Waals surface area contributed by atoms with Gasteiger partial charge in [-0.15, -0.1) is 0 Å². The number of alkyl halides is 3. The molecule has 8 heteroatoms. The van der Waals surface area contributed by atoms with Crippen LogP contribution < -0.4 is 4.90 Å². The third-order valence-corrected chi connectivity index (χ3v) is 6.02. The van der Waals surface area contributed by atoms with E-state index < -0.39 is 17.8 Å². The molecule has 2 heterocycles. The minimum atomic E-state index is -4.52. The highest BCUT2D eigenvalue weighted by atomic mass is 35.5. The Labute approximate surface area is 169 Å². The quantitative estimate of drug-likeness (QED) is 0.715. The van der Waals surface area contributed by atoms with Gasteiger partial charge in [-0.3, -0.25) is 4.79 Å². The number of likely N-dealkylation sites (tertiary alicyclic amines) is 1. The van der Waals surface area contributed by atoms with Gasteiger partial charge in [-0.2, -0.15) is 13.2 Å². The second-order valence-electron chi connectivity index (χ2n) is 7.61. The molecule has 0 saturated carbocycles. The molecule has 3 rings (SSSR count). The summed E-state index contributed by atoms with van der Waals surface area (Å²) >= 11 is 5.71. The van der Waals surface area contributed by atoms with Gasteiger partial charge in [0.15, 0.2) is 0 Å². The van der Waals surface area contributed by atoms with E-state index in [1.807, 2.05) is 4.90 Å². The normalized spacial score (nSPS) is 22.0.